The Kier molecular flexibility index (Phi) is 153. The monoisotopic (exact) mass is 256 g/mol. The first-order chi connectivity index (χ1) is 0. The number of rotatable bonds is 0. The minimum absolute atomic E-state index is 0. The summed E-state index contributed by atoms with van der Waals surface area (Å²) in [6.45, 7) is 0. The summed E-state index contributed by atoms with van der Waals surface area (Å²) in [6.07, 6.45) is 0. The molecule has 0 heterocycles. The van der Waals surface area contributed by atoms with Gasteiger partial charge in [0.25, 0.3) is 0 Å². The van der Waals surface area contributed by atoms with E-state index in [9.17, 15) is 0 Å². The van der Waals surface area contributed by atoms with E-state index in [1.165, 1.54) is 0 Å². The molecule has 0 saturated heterocycles. The first-order valence-electron chi connectivity index (χ1n) is 0. The third-order valence-corrected chi connectivity index (χ3v) is 0. The molecule has 0 aliphatic carbocycles. The zero-order chi connectivity index (χ0) is 0. The van der Waals surface area contributed by atoms with Crippen LogP contribution in [0.3, 0.4) is 0 Å². The molecular weight excluding hydrogens is 244 g/mol. The van der Waals surface area contributed by atoms with E-state index in [0.717, 1.165) is 0 Å². The minimum atomic E-state index is 0. The zero-order valence-corrected chi connectivity index (χ0v) is 8.99. The van der Waals surface area contributed by atoms with Gasteiger partial charge in [0, 0.05) is 0 Å². The molecule has 24 valence electrons. The van der Waals surface area contributed by atoms with Crippen LogP contribution >= 0.6 is 0 Å². The fourth-order valence-corrected chi connectivity index (χ4v) is 0. The molecule has 0 aromatic carbocycles. The molecular formula is H10GeMgSiSn. The van der Waals surface area contributed by atoms with Gasteiger partial charge in [-0.25, -0.2) is 0 Å². The van der Waals surface area contributed by atoms with Crippen LogP contribution in [0.5, 0.6) is 0 Å². The van der Waals surface area contributed by atoms with Gasteiger partial charge in [0.1, 0.15) is 0 Å². The molecule has 0 aromatic heterocycles. The van der Waals surface area contributed by atoms with E-state index in [0.29, 0.717) is 0 Å². The van der Waals surface area contributed by atoms with Crippen LogP contribution in [-0.4, -0.2) is 75.5 Å². The Balaban J connectivity index is 0. The van der Waals surface area contributed by atoms with Crippen LogP contribution in [0.1, 0.15) is 2.85 Å². The second kappa shape index (κ2) is 18.4. The van der Waals surface area contributed by atoms with Crippen molar-refractivity contribution in [2.45, 2.75) is 0 Å². The predicted octanol–water partition coefficient (Wildman–Crippen LogP) is -3.44. The molecule has 0 atom stereocenters. The summed E-state index contributed by atoms with van der Waals surface area (Å²) in [5, 5.41) is 0. The number of hydrogen-bond donors (Lipinski definition) is 0. The summed E-state index contributed by atoms with van der Waals surface area (Å²) in [6, 6.07) is 0. The van der Waals surface area contributed by atoms with Crippen molar-refractivity contribution >= 4 is 75.5 Å². The molecule has 0 nitrogen and oxygen atoms in total. The van der Waals surface area contributed by atoms with Crippen molar-refractivity contribution in [3.05, 3.63) is 0 Å². The van der Waals surface area contributed by atoms with Gasteiger partial charge in [-0.3, -0.25) is 0 Å². The van der Waals surface area contributed by atoms with Crippen molar-refractivity contribution in [1.82, 2.24) is 0 Å². The SMILES string of the molecule is [GeH4].[H-].[H-].[Mg+2].[SiH3].[SnH]. The van der Waals surface area contributed by atoms with Crippen LogP contribution < -0.4 is 0 Å². The zero-order valence-electron chi connectivity index (χ0n) is 4.28. The fourth-order valence-electron chi connectivity index (χ4n) is 0. The van der Waals surface area contributed by atoms with E-state index >= 15 is 0 Å². The van der Waals surface area contributed by atoms with Gasteiger partial charge in [0.05, 0.1) is 0 Å². The predicted molar refractivity (Wildman–Crippen MR) is 36.4 cm³/mol. The second-order valence-corrected chi connectivity index (χ2v) is 0. The summed E-state index contributed by atoms with van der Waals surface area (Å²) >= 11 is 0. The van der Waals surface area contributed by atoms with Crippen LogP contribution in [0.25, 0.3) is 0 Å². The van der Waals surface area contributed by atoms with Crippen LogP contribution in [0, 0.1) is 0 Å². The van der Waals surface area contributed by atoms with E-state index in [1.54, 1.807) is 0 Å². The first-order valence-corrected chi connectivity index (χ1v) is 0. The van der Waals surface area contributed by atoms with Crippen LogP contribution in [-0.2, 0) is 0 Å². The standard InChI is InChI=1S/GeH4.Mg.H3Si.Sn.3H/h1H4;;1H3;;;;/q;+2;;;;2*-1. The van der Waals surface area contributed by atoms with Crippen molar-refractivity contribution in [2.75, 3.05) is 0 Å². The van der Waals surface area contributed by atoms with Crippen molar-refractivity contribution in [3.63, 3.8) is 0 Å². The maximum absolute atomic E-state index is 0. The number of hydrogen-bond acceptors (Lipinski definition) is 0. The maximum atomic E-state index is 0. The first kappa shape index (κ1) is 33.2. The molecule has 0 aromatic rings. The van der Waals surface area contributed by atoms with Gasteiger partial charge in [-0.1, -0.05) is 0 Å². The molecule has 4 heavy (non-hydrogen) atoms. The van der Waals surface area contributed by atoms with E-state index in [2.05, 4.69) is 0 Å². The summed E-state index contributed by atoms with van der Waals surface area (Å²) in [5.41, 5.74) is 0. The molecule has 0 saturated carbocycles. The molecule has 4 heteroatoms. The molecule has 0 unspecified atom stereocenters. The normalized spacial score (nSPS) is 0. The summed E-state index contributed by atoms with van der Waals surface area (Å²) in [5.74, 6) is 0. The average molecular weight is 254 g/mol. The Morgan fingerprint density at radius 2 is 1.25 bits per heavy atom. The Bertz CT molecular complexity index is 13.5. The van der Waals surface area contributed by atoms with E-state index in [4.69, 9.17) is 0 Å². The van der Waals surface area contributed by atoms with Gasteiger partial charge in [-0.2, -0.15) is 0 Å². The van der Waals surface area contributed by atoms with Gasteiger partial charge >= 0.3 is 64.6 Å². The quantitative estimate of drug-likeness (QED) is 0.394. The van der Waals surface area contributed by atoms with Crippen molar-refractivity contribution in [2.24, 2.45) is 0 Å². The van der Waals surface area contributed by atoms with Crippen LogP contribution in [0.15, 0.2) is 0 Å². The fraction of sp³-hybridized carbons (Fsp3) is 0. The van der Waals surface area contributed by atoms with Gasteiger partial charge in [-0.15, -0.1) is 0 Å². The van der Waals surface area contributed by atoms with E-state index in [-0.39, 0.29) is 78.4 Å². The second-order valence-electron chi connectivity index (χ2n) is 0. The molecule has 4 radical (unpaired) electrons. The Morgan fingerprint density at radius 1 is 1.25 bits per heavy atom. The van der Waals surface area contributed by atoms with Gasteiger partial charge in [0.2, 0.25) is 0 Å². The van der Waals surface area contributed by atoms with Crippen molar-refractivity contribution in [1.29, 1.82) is 0 Å². The van der Waals surface area contributed by atoms with Crippen LogP contribution in [0.4, 0.5) is 0 Å². The molecule has 0 bridgehead atoms. The molecule has 0 rings (SSSR count). The van der Waals surface area contributed by atoms with Crippen molar-refractivity contribution < 1.29 is 2.85 Å². The van der Waals surface area contributed by atoms with Crippen LogP contribution in [0.2, 0.25) is 0 Å². The Hall–Kier alpha value is 2.32. The Labute approximate surface area is 77.6 Å². The van der Waals surface area contributed by atoms with Gasteiger partial charge < -0.3 is 2.85 Å². The topological polar surface area (TPSA) is 0 Å². The molecule has 0 aliphatic heterocycles. The van der Waals surface area contributed by atoms with Crippen molar-refractivity contribution in [3.8, 4) is 0 Å². The van der Waals surface area contributed by atoms with E-state index in [1.807, 2.05) is 0 Å². The molecule has 0 fully saturated rings. The summed E-state index contributed by atoms with van der Waals surface area (Å²) in [7, 11) is 0. The third-order valence-electron chi connectivity index (χ3n) is 0. The molecule has 0 N–H and O–H groups in total. The van der Waals surface area contributed by atoms with Gasteiger partial charge in [0.15, 0.2) is 0 Å². The molecule has 0 spiro atoms. The van der Waals surface area contributed by atoms with Gasteiger partial charge in [-0.05, 0) is 11.0 Å². The van der Waals surface area contributed by atoms with E-state index < -0.39 is 0 Å². The summed E-state index contributed by atoms with van der Waals surface area (Å²) < 4.78 is 0. The average Bonchev–Trinajstić information content (AvgIpc) is 0. The third kappa shape index (κ3) is 8.85. The molecule has 0 aliphatic rings. The Morgan fingerprint density at radius 3 is 1.25 bits per heavy atom. The summed E-state index contributed by atoms with van der Waals surface area (Å²) in [4.78, 5) is 0. The molecule has 0 amide bonds.